The zero-order valence-corrected chi connectivity index (χ0v) is 10.6. The summed E-state index contributed by atoms with van der Waals surface area (Å²) >= 11 is 0. The van der Waals surface area contributed by atoms with E-state index in [1.165, 1.54) is 12.1 Å². The summed E-state index contributed by atoms with van der Waals surface area (Å²) in [6.07, 6.45) is 0.652. The number of aliphatic hydroxyl groups excluding tert-OH is 1. The summed E-state index contributed by atoms with van der Waals surface area (Å²) in [6, 6.07) is 4.43. The van der Waals surface area contributed by atoms with Crippen LogP contribution in [0.15, 0.2) is 18.2 Å². The molecule has 0 aromatic heterocycles. The van der Waals surface area contributed by atoms with Gasteiger partial charge in [-0.05, 0) is 18.2 Å². The van der Waals surface area contributed by atoms with E-state index in [1.54, 1.807) is 6.07 Å². The van der Waals surface area contributed by atoms with E-state index in [0.717, 1.165) is 0 Å². The molecule has 6 nitrogen and oxygen atoms in total. The molecule has 0 heterocycles. The number of carbonyl (C=O) groups is 1. The quantitative estimate of drug-likeness (QED) is 0.478. The summed E-state index contributed by atoms with van der Waals surface area (Å²) in [5.74, 6) is 0.238. The molecule has 0 aliphatic rings. The van der Waals surface area contributed by atoms with Crippen molar-refractivity contribution >= 4 is 6.29 Å². The van der Waals surface area contributed by atoms with Gasteiger partial charge in [-0.25, -0.2) is 0 Å². The Labute approximate surface area is 111 Å². The molecule has 6 heteroatoms. The van der Waals surface area contributed by atoms with Gasteiger partial charge in [0.05, 0.1) is 33.0 Å². The standard InChI is InChI=1S/C13H18O6/c14-3-4-17-5-6-18-7-8-19-13-2-1-11(10-15)9-12(13)16/h1-2,9-10,14,16H,3-8H2. The molecular formula is C13H18O6. The third kappa shape index (κ3) is 6.19. The van der Waals surface area contributed by atoms with Gasteiger partial charge in [-0.3, -0.25) is 4.79 Å². The van der Waals surface area contributed by atoms with Crippen LogP contribution in [-0.2, 0) is 9.47 Å². The fraction of sp³-hybridized carbons (Fsp3) is 0.462. The second-order valence-corrected chi connectivity index (χ2v) is 3.64. The second kappa shape index (κ2) is 9.32. The van der Waals surface area contributed by atoms with E-state index in [9.17, 15) is 9.90 Å². The van der Waals surface area contributed by atoms with Crippen molar-refractivity contribution in [2.75, 3.05) is 39.6 Å². The summed E-state index contributed by atoms with van der Waals surface area (Å²) < 4.78 is 15.5. The lowest BCUT2D eigenvalue weighted by molar-refractivity contribution is 0.0245. The fourth-order valence-electron chi connectivity index (χ4n) is 1.33. The number of hydrogen-bond acceptors (Lipinski definition) is 6. The highest BCUT2D eigenvalue weighted by Gasteiger charge is 2.03. The van der Waals surface area contributed by atoms with Crippen molar-refractivity contribution in [2.24, 2.45) is 0 Å². The van der Waals surface area contributed by atoms with Crippen LogP contribution in [0.25, 0.3) is 0 Å². The third-order valence-corrected chi connectivity index (χ3v) is 2.21. The summed E-state index contributed by atoms with van der Waals surface area (Å²) in [5, 5.41) is 18.0. The highest BCUT2D eigenvalue weighted by atomic mass is 16.5. The number of carbonyl (C=O) groups excluding carboxylic acids is 1. The number of phenols is 1. The maximum atomic E-state index is 10.5. The number of rotatable bonds is 10. The van der Waals surface area contributed by atoms with E-state index >= 15 is 0 Å². The lowest BCUT2D eigenvalue weighted by atomic mass is 10.2. The third-order valence-electron chi connectivity index (χ3n) is 2.21. The lowest BCUT2D eigenvalue weighted by Gasteiger charge is -2.09. The van der Waals surface area contributed by atoms with Crippen molar-refractivity contribution < 1.29 is 29.2 Å². The van der Waals surface area contributed by atoms with Crippen LogP contribution in [0, 0.1) is 0 Å². The molecule has 0 unspecified atom stereocenters. The molecule has 19 heavy (non-hydrogen) atoms. The monoisotopic (exact) mass is 270 g/mol. The summed E-state index contributed by atoms with van der Waals surface area (Å²) in [5.41, 5.74) is 0.391. The van der Waals surface area contributed by atoms with Crippen LogP contribution >= 0.6 is 0 Å². The van der Waals surface area contributed by atoms with Gasteiger partial charge in [0.15, 0.2) is 11.5 Å². The highest BCUT2D eigenvalue weighted by Crippen LogP contribution is 2.25. The minimum absolute atomic E-state index is 0.000822. The number of hydrogen-bond donors (Lipinski definition) is 2. The van der Waals surface area contributed by atoms with Gasteiger partial charge in [-0.1, -0.05) is 0 Å². The Balaban J connectivity index is 2.14. The largest absolute Gasteiger partial charge is 0.504 e. The molecule has 0 radical (unpaired) electrons. The van der Waals surface area contributed by atoms with Gasteiger partial charge >= 0.3 is 0 Å². The fourth-order valence-corrected chi connectivity index (χ4v) is 1.33. The Bertz CT molecular complexity index is 379. The maximum absolute atomic E-state index is 10.5. The Kier molecular flexibility index (Phi) is 7.57. The molecular weight excluding hydrogens is 252 g/mol. The van der Waals surface area contributed by atoms with E-state index in [0.29, 0.717) is 44.0 Å². The maximum Gasteiger partial charge on any atom is 0.161 e. The van der Waals surface area contributed by atoms with Gasteiger partial charge in [0, 0.05) is 5.56 Å². The number of aliphatic hydroxyl groups is 1. The predicted molar refractivity (Wildman–Crippen MR) is 67.7 cm³/mol. The van der Waals surface area contributed by atoms with Crippen molar-refractivity contribution in [3.8, 4) is 11.5 Å². The van der Waals surface area contributed by atoms with E-state index in [4.69, 9.17) is 19.3 Å². The minimum atomic E-state index is -0.0733. The first-order valence-corrected chi connectivity index (χ1v) is 5.95. The Morgan fingerprint density at radius 2 is 1.74 bits per heavy atom. The number of aldehydes is 1. The molecule has 0 fully saturated rings. The lowest BCUT2D eigenvalue weighted by Crippen LogP contribution is -2.12. The molecule has 0 spiro atoms. The van der Waals surface area contributed by atoms with Crippen molar-refractivity contribution in [1.82, 2.24) is 0 Å². The van der Waals surface area contributed by atoms with Gasteiger partial charge < -0.3 is 24.4 Å². The SMILES string of the molecule is O=Cc1ccc(OCCOCCOCCO)c(O)c1. The van der Waals surface area contributed by atoms with Gasteiger partial charge in [0.25, 0.3) is 0 Å². The molecule has 0 saturated heterocycles. The van der Waals surface area contributed by atoms with Crippen LogP contribution < -0.4 is 4.74 Å². The molecule has 106 valence electrons. The molecule has 1 aromatic rings. The topological polar surface area (TPSA) is 85.2 Å². The van der Waals surface area contributed by atoms with E-state index in [-0.39, 0.29) is 19.0 Å². The van der Waals surface area contributed by atoms with Crippen LogP contribution in [0.1, 0.15) is 10.4 Å². The molecule has 2 N–H and O–H groups in total. The van der Waals surface area contributed by atoms with E-state index in [1.807, 2.05) is 0 Å². The molecule has 0 amide bonds. The Morgan fingerprint density at radius 3 is 2.37 bits per heavy atom. The van der Waals surface area contributed by atoms with Gasteiger partial charge in [0.2, 0.25) is 0 Å². The molecule has 0 saturated carbocycles. The zero-order chi connectivity index (χ0) is 13.9. The number of benzene rings is 1. The van der Waals surface area contributed by atoms with Crippen LogP contribution in [0.5, 0.6) is 11.5 Å². The smallest absolute Gasteiger partial charge is 0.161 e. The van der Waals surface area contributed by atoms with Gasteiger partial charge in [-0.15, -0.1) is 0 Å². The molecule has 0 atom stereocenters. The summed E-state index contributed by atoms with van der Waals surface area (Å²) in [6.45, 7) is 1.78. The highest BCUT2D eigenvalue weighted by molar-refractivity contribution is 5.76. The molecule has 0 aliphatic heterocycles. The van der Waals surface area contributed by atoms with Crippen LogP contribution in [0.2, 0.25) is 0 Å². The molecule has 1 rings (SSSR count). The first kappa shape index (κ1) is 15.4. The second-order valence-electron chi connectivity index (χ2n) is 3.64. The number of phenolic OH excluding ortho intramolecular Hbond substituents is 1. The normalized spacial score (nSPS) is 10.4. The van der Waals surface area contributed by atoms with Crippen LogP contribution in [0.3, 0.4) is 0 Å². The van der Waals surface area contributed by atoms with E-state index < -0.39 is 0 Å². The number of ether oxygens (including phenoxy) is 3. The van der Waals surface area contributed by atoms with Gasteiger partial charge in [0.1, 0.15) is 12.9 Å². The van der Waals surface area contributed by atoms with Crippen molar-refractivity contribution in [1.29, 1.82) is 0 Å². The first-order valence-electron chi connectivity index (χ1n) is 5.95. The van der Waals surface area contributed by atoms with Crippen molar-refractivity contribution in [3.05, 3.63) is 23.8 Å². The zero-order valence-electron chi connectivity index (χ0n) is 10.6. The molecule has 0 bridgehead atoms. The van der Waals surface area contributed by atoms with Gasteiger partial charge in [-0.2, -0.15) is 0 Å². The van der Waals surface area contributed by atoms with E-state index in [2.05, 4.69) is 0 Å². The summed E-state index contributed by atoms with van der Waals surface area (Å²) in [7, 11) is 0. The van der Waals surface area contributed by atoms with Crippen molar-refractivity contribution in [2.45, 2.75) is 0 Å². The average molecular weight is 270 g/mol. The Hall–Kier alpha value is -1.63. The Morgan fingerprint density at radius 1 is 1.05 bits per heavy atom. The average Bonchev–Trinajstić information content (AvgIpc) is 2.43. The van der Waals surface area contributed by atoms with Crippen LogP contribution in [-0.4, -0.2) is 56.1 Å². The van der Waals surface area contributed by atoms with Crippen molar-refractivity contribution in [3.63, 3.8) is 0 Å². The first-order chi connectivity index (χ1) is 9.27. The summed E-state index contributed by atoms with van der Waals surface area (Å²) in [4.78, 5) is 10.5. The van der Waals surface area contributed by atoms with Crippen LogP contribution in [0.4, 0.5) is 0 Å². The minimum Gasteiger partial charge on any atom is -0.504 e. The molecule has 1 aromatic carbocycles. The molecule has 0 aliphatic carbocycles. The number of aromatic hydroxyl groups is 1. The predicted octanol–water partition coefficient (Wildman–Crippen LogP) is 0.609.